The van der Waals surface area contributed by atoms with Gasteiger partial charge in [-0.2, -0.15) is 0 Å². The van der Waals surface area contributed by atoms with Crippen LogP contribution in [0.3, 0.4) is 0 Å². The molecule has 18 heavy (non-hydrogen) atoms. The van der Waals surface area contributed by atoms with Crippen molar-refractivity contribution in [2.24, 2.45) is 0 Å². The molecule has 0 radical (unpaired) electrons. The first-order valence-electron chi connectivity index (χ1n) is 5.60. The van der Waals surface area contributed by atoms with Crippen LogP contribution in [-0.4, -0.2) is 33.0 Å². The number of nitrogens with two attached hydrogens (primary N) is 1. The molecule has 0 aromatic carbocycles. The van der Waals surface area contributed by atoms with E-state index in [0.717, 1.165) is 24.6 Å². The molecule has 2 aromatic heterocycles. The summed E-state index contributed by atoms with van der Waals surface area (Å²) < 4.78 is 0. The van der Waals surface area contributed by atoms with E-state index in [2.05, 4.69) is 24.8 Å². The fourth-order valence-electron chi connectivity index (χ4n) is 2.01. The Bertz CT molecular complexity index is 604. The van der Waals surface area contributed by atoms with Gasteiger partial charge >= 0.3 is 0 Å². The predicted molar refractivity (Wildman–Crippen MR) is 66.3 cm³/mol. The highest BCUT2D eigenvalue weighted by Gasteiger charge is 2.30. The van der Waals surface area contributed by atoms with Gasteiger partial charge in [0.25, 0.3) is 5.56 Å². The molecule has 0 amide bonds. The number of nitrogens with one attached hydrogen (secondary N) is 1. The SMILES string of the molecule is Nc1nc(C2CN(c3cnccn3)C2)cc(=O)[nH]1. The van der Waals surface area contributed by atoms with Crippen LogP contribution in [0.4, 0.5) is 11.8 Å². The molecular weight excluding hydrogens is 232 g/mol. The average molecular weight is 244 g/mol. The van der Waals surface area contributed by atoms with Gasteiger partial charge in [-0.05, 0) is 0 Å². The van der Waals surface area contributed by atoms with Crippen LogP contribution >= 0.6 is 0 Å². The van der Waals surface area contributed by atoms with Gasteiger partial charge in [-0.1, -0.05) is 0 Å². The topological polar surface area (TPSA) is 101 Å². The Labute approximate surface area is 103 Å². The predicted octanol–water partition coefficient (Wildman–Crippen LogP) is -0.254. The fourth-order valence-corrected chi connectivity index (χ4v) is 2.01. The normalized spacial score (nSPS) is 15.4. The monoisotopic (exact) mass is 244 g/mol. The summed E-state index contributed by atoms with van der Waals surface area (Å²) >= 11 is 0. The third kappa shape index (κ3) is 1.90. The Balaban J connectivity index is 1.74. The maximum Gasteiger partial charge on any atom is 0.252 e. The van der Waals surface area contributed by atoms with E-state index >= 15 is 0 Å². The number of nitrogens with zero attached hydrogens (tertiary/aromatic N) is 4. The Kier molecular flexibility index (Phi) is 2.44. The summed E-state index contributed by atoms with van der Waals surface area (Å²) in [5.74, 6) is 1.22. The Hall–Kier alpha value is -2.44. The van der Waals surface area contributed by atoms with Crippen LogP contribution in [-0.2, 0) is 0 Å². The molecule has 7 nitrogen and oxygen atoms in total. The molecule has 3 N–H and O–H groups in total. The summed E-state index contributed by atoms with van der Waals surface area (Å²) in [5.41, 5.74) is 6.04. The summed E-state index contributed by atoms with van der Waals surface area (Å²) in [7, 11) is 0. The lowest BCUT2D eigenvalue weighted by molar-refractivity contribution is 0.507. The molecular formula is C11H12N6O. The number of rotatable bonds is 2. The Morgan fingerprint density at radius 1 is 1.39 bits per heavy atom. The first-order chi connectivity index (χ1) is 8.72. The highest BCUT2D eigenvalue weighted by Crippen LogP contribution is 2.28. The molecule has 0 aliphatic carbocycles. The number of nitrogen functional groups attached to an aromatic ring is 1. The number of aromatic amines is 1. The van der Waals surface area contributed by atoms with Crippen molar-refractivity contribution in [1.82, 2.24) is 19.9 Å². The maximum absolute atomic E-state index is 11.3. The van der Waals surface area contributed by atoms with Gasteiger partial charge in [0.1, 0.15) is 5.82 Å². The lowest BCUT2D eigenvalue weighted by atomic mass is 9.96. The lowest BCUT2D eigenvalue weighted by Crippen LogP contribution is -2.46. The fraction of sp³-hybridized carbons (Fsp3) is 0.273. The van der Waals surface area contributed by atoms with Crippen molar-refractivity contribution in [3.63, 3.8) is 0 Å². The van der Waals surface area contributed by atoms with E-state index in [-0.39, 0.29) is 17.4 Å². The smallest absolute Gasteiger partial charge is 0.252 e. The molecule has 1 aliphatic rings. The van der Waals surface area contributed by atoms with Crippen molar-refractivity contribution < 1.29 is 0 Å². The third-order valence-corrected chi connectivity index (χ3v) is 2.95. The van der Waals surface area contributed by atoms with Gasteiger partial charge in [-0.15, -0.1) is 0 Å². The molecule has 3 heterocycles. The minimum Gasteiger partial charge on any atom is -0.369 e. The van der Waals surface area contributed by atoms with Crippen molar-refractivity contribution >= 4 is 11.8 Å². The Morgan fingerprint density at radius 2 is 2.22 bits per heavy atom. The van der Waals surface area contributed by atoms with E-state index in [4.69, 9.17) is 5.73 Å². The minimum atomic E-state index is -0.213. The molecule has 0 unspecified atom stereocenters. The quantitative estimate of drug-likeness (QED) is 0.755. The van der Waals surface area contributed by atoms with Crippen molar-refractivity contribution in [3.8, 4) is 0 Å². The molecule has 1 saturated heterocycles. The molecule has 1 fully saturated rings. The van der Waals surface area contributed by atoms with Crippen LogP contribution in [0.2, 0.25) is 0 Å². The standard InChI is InChI=1S/C11H12N6O/c12-11-15-8(3-10(18)16-11)7-5-17(6-7)9-4-13-1-2-14-9/h1-4,7H,5-6H2,(H3,12,15,16,18). The zero-order chi connectivity index (χ0) is 12.5. The third-order valence-electron chi connectivity index (χ3n) is 2.95. The molecule has 7 heteroatoms. The van der Waals surface area contributed by atoms with Gasteiger partial charge in [0, 0.05) is 37.5 Å². The van der Waals surface area contributed by atoms with E-state index < -0.39 is 0 Å². The van der Waals surface area contributed by atoms with Gasteiger partial charge in [0.2, 0.25) is 5.95 Å². The summed E-state index contributed by atoms with van der Waals surface area (Å²) in [4.78, 5) is 28.2. The van der Waals surface area contributed by atoms with Crippen molar-refractivity contribution in [3.05, 3.63) is 40.7 Å². The highest BCUT2D eigenvalue weighted by molar-refractivity contribution is 5.42. The number of hydrogen-bond acceptors (Lipinski definition) is 6. The molecule has 0 atom stereocenters. The van der Waals surface area contributed by atoms with Crippen molar-refractivity contribution in [2.75, 3.05) is 23.7 Å². The Morgan fingerprint density at radius 3 is 2.89 bits per heavy atom. The van der Waals surface area contributed by atoms with E-state index in [1.807, 2.05) is 0 Å². The van der Waals surface area contributed by atoms with Gasteiger partial charge < -0.3 is 10.6 Å². The zero-order valence-electron chi connectivity index (χ0n) is 9.58. The first kappa shape index (κ1) is 10.7. The van der Waals surface area contributed by atoms with Gasteiger partial charge in [0.05, 0.1) is 11.9 Å². The van der Waals surface area contributed by atoms with Gasteiger partial charge in [-0.25, -0.2) is 9.97 Å². The first-order valence-corrected chi connectivity index (χ1v) is 5.60. The summed E-state index contributed by atoms with van der Waals surface area (Å²) in [6.07, 6.45) is 5.02. The molecule has 0 saturated carbocycles. The summed E-state index contributed by atoms with van der Waals surface area (Å²) in [6, 6.07) is 1.50. The minimum absolute atomic E-state index is 0.162. The lowest BCUT2D eigenvalue weighted by Gasteiger charge is -2.39. The van der Waals surface area contributed by atoms with Gasteiger partial charge in [0.15, 0.2) is 0 Å². The van der Waals surface area contributed by atoms with Crippen LogP contribution in [0.1, 0.15) is 11.6 Å². The highest BCUT2D eigenvalue weighted by atomic mass is 16.1. The largest absolute Gasteiger partial charge is 0.369 e. The number of H-pyrrole nitrogens is 1. The van der Waals surface area contributed by atoms with Crippen LogP contribution in [0.15, 0.2) is 29.5 Å². The van der Waals surface area contributed by atoms with Gasteiger partial charge in [-0.3, -0.25) is 14.8 Å². The van der Waals surface area contributed by atoms with E-state index in [1.165, 1.54) is 6.07 Å². The second-order valence-electron chi connectivity index (χ2n) is 4.22. The number of anilines is 2. The number of aromatic nitrogens is 4. The van der Waals surface area contributed by atoms with Crippen LogP contribution in [0, 0.1) is 0 Å². The second-order valence-corrected chi connectivity index (χ2v) is 4.22. The molecule has 0 spiro atoms. The van der Waals surface area contributed by atoms with Crippen molar-refractivity contribution in [1.29, 1.82) is 0 Å². The van der Waals surface area contributed by atoms with E-state index in [1.54, 1.807) is 18.6 Å². The van der Waals surface area contributed by atoms with Crippen LogP contribution in [0.5, 0.6) is 0 Å². The van der Waals surface area contributed by atoms with E-state index in [0.29, 0.717) is 0 Å². The van der Waals surface area contributed by atoms with E-state index in [9.17, 15) is 4.79 Å². The maximum atomic E-state index is 11.3. The average Bonchev–Trinajstić information content (AvgIpc) is 2.27. The molecule has 1 aliphatic heterocycles. The molecule has 0 bridgehead atoms. The van der Waals surface area contributed by atoms with Crippen LogP contribution in [0.25, 0.3) is 0 Å². The summed E-state index contributed by atoms with van der Waals surface area (Å²) in [5, 5.41) is 0. The molecule has 2 aromatic rings. The second kappa shape index (κ2) is 4.10. The number of hydrogen-bond donors (Lipinski definition) is 2. The van der Waals surface area contributed by atoms with Crippen molar-refractivity contribution in [2.45, 2.75) is 5.92 Å². The molecule has 92 valence electrons. The van der Waals surface area contributed by atoms with Crippen LogP contribution < -0.4 is 16.2 Å². The zero-order valence-corrected chi connectivity index (χ0v) is 9.58. The molecule has 3 rings (SSSR count). The summed E-state index contributed by atoms with van der Waals surface area (Å²) in [6.45, 7) is 1.54.